The summed E-state index contributed by atoms with van der Waals surface area (Å²) in [7, 11) is 0. The molecule has 1 saturated carbocycles. The first kappa shape index (κ1) is 16.5. The van der Waals surface area contributed by atoms with E-state index in [0.717, 1.165) is 26.0 Å². The SMILES string of the molecule is CCc1ccc(C(CC)NCCOC2CCCCC2)cc1. The van der Waals surface area contributed by atoms with E-state index in [1.54, 1.807) is 0 Å². The lowest BCUT2D eigenvalue weighted by atomic mass is 9.98. The number of hydrogen-bond acceptors (Lipinski definition) is 2. The van der Waals surface area contributed by atoms with Crippen LogP contribution in [-0.4, -0.2) is 19.3 Å². The van der Waals surface area contributed by atoms with E-state index in [-0.39, 0.29) is 0 Å². The van der Waals surface area contributed by atoms with Crippen molar-refractivity contribution >= 4 is 0 Å². The molecule has 1 aliphatic carbocycles. The highest BCUT2D eigenvalue weighted by Gasteiger charge is 2.14. The first-order valence-electron chi connectivity index (χ1n) is 8.77. The van der Waals surface area contributed by atoms with Crippen LogP contribution in [0.3, 0.4) is 0 Å². The molecule has 1 fully saturated rings. The summed E-state index contributed by atoms with van der Waals surface area (Å²) in [6, 6.07) is 9.48. The molecule has 0 aliphatic heterocycles. The molecule has 1 aromatic carbocycles. The van der Waals surface area contributed by atoms with E-state index in [4.69, 9.17) is 4.74 Å². The van der Waals surface area contributed by atoms with E-state index in [1.165, 1.54) is 43.2 Å². The number of ether oxygens (including phenoxy) is 1. The van der Waals surface area contributed by atoms with Gasteiger partial charge in [0.25, 0.3) is 0 Å². The standard InChI is InChI=1S/C19H31NO/c1-3-16-10-12-17(13-11-16)19(4-2)20-14-15-21-18-8-6-5-7-9-18/h10-13,18-20H,3-9,14-15H2,1-2H3. The molecule has 0 amide bonds. The van der Waals surface area contributed by atoms with Gasteiger partial charge < -0.3 is 10.1 Å². The molecule has 1 N–H and O–H groups in total. The Balaban J connectivity index is 1.71. The quantitative estimate of drug-likeness (QED) is 0.704. The topological polar surface area (TPSA) is 21.3 Å². The summed E-state index contributed by atoms with van der Waals surface area (Å²) in [5.74, 6) is 0. The minimum atomic E-state index is 0.450. The van der Waals surface area contributed by atoms with Gasteiger partial charge in [-0.2, -0.15) is 0 Å². The molecular weight excluding hydrogens is 258 g/mol. The average Bonchev–Trinajstić information content (AvgIpc) is 2.56. The highest BCUT2D eigenvalue weighted by Crippen LogP contribution is 2.20. The molecule has 0 heterocycles. The molecular formula is C19H31NO. The molecule has 2 heteroatoms. The molecule has 21 heavy (non-hydrogen) atoms. The molecule has 2 nitrogen and oxygen atoms in total. The van der Waals surface area contributed by atoms with Gasteiger partial charge in [-0.3, -0.25) is 0 Å². The first-order chi connectivity index (χ1) is 10.3. The number of hydrogen-bond donors (Lipinski definition) is 1. The normalized spacial score (nSPS) is 17.8. The zero-order chi connectivity index (χ0) is 14.9. The Morgan fingerprint density at radius 3 is 2.43 bits per heavy atom. The van der Waals surface area contributed by atoms with Crippen molar-refractivity contribution in [2.75, 3.05) is 13.2 Å². The van der Waals surface area contributed by atoms with Crippen LogP contribution in [-0.2, 0) is 11.2 Å². The third-order valence-electron chi connectivity index (χ3n) is 4.60. The maximum absolute atomic E-state index is 5.99. The maximum Gasteiger partial charge on any atom is 0.0594 e. The summed E-state index contributed by atoms with van der Waals surface area (Å²) in [6.07, 6.45) is 9.35. The van der Waals surface area contributed by atoms with Gasteiger partial charge in [0.05, 0.1) is 12.7 Å². The van der Waals surface area contributed by atoms with Crippen LogP contribution in [0, 0.1) is 0 Å². The van der Waals surface area contributed by atoms with E-state index in [1.807, 2.05) is 0 Å². The van der Waals surface area contributed by atoms with Crippen molar-refractivity contribution in [2.24, 2.45) is 0 Å². The van der Waals surface area contributed by atoms with Crippen molar-refractivity contribution in [3.8, 4) is 0 Å². The summed E-state index contributed by atoms with van der Waals surface area (Å²) >= 11 is 0. The summed E-state index contributed by atoms with van der Waals surface area (Å²) in [4.78, 5) is 0. The monoisotopic (exact) mass is 289 g/mol. The second-order valence-electron chi connectivity index (χ2n) is 6.14. The minimum absolute atomic E-state index is 0.450. The van der Waals surface area contributed by atoms with Crippen LogP contribution in [0.2, 0.25) is 0 Å². The fourth-order valence-corrected chi connectivity index (χ4v) is 3.17. The average molecular weight is 289 g/mol. The lowest BCUT2D eigenvalue weighted by molar-refractivity contribution is 0.0293. The van der Waals surface area contributed by atoms with Gasteiger partial charge in [0.2, 0.25) is 0 Å². The van der Waals surface area contributed by atoms with Gasteiger partial charge in [-0.15, -0.1) is 0 Å². The number of aryl methyl sites for hydroxylation is 1. The largest absolute Gasteiger partial charge is 0.377 e. The smallest absolute Gasteiger partial charge is 0.0594 e. The minimum Gasteiger partial charge on any atom is -0.377 e. The lowest BCUT2D eigenvalue weighted by Crippen LogP contribution is -2.27. The van der Waals surface area contributed by atoms with E-state index in [2.05, 4.69) is 43.4 Å². The van der Waals surface area contributed by atoms with Gasteiger partial charge in [-0.1, -0.05) is 57.4 Å². The van der Waals surface area contributed by atoms with Crippen LogP contribution in [0.5, 0.6) is 0 Å². The van der Waals surface area contributed by atoms with Gasteiger partial charge in [0.1, 0.15) is 0 Å². The van der Waals surface area contributed by atoms with Crippen LogP contribution in [0.15, 0.2) is 24.3 Å². The Bertz CT molecular complexity index is 381. The molecule has 2 rings (SSSR count). The van der Waals surface area contributed by atoms with E-state index in [0.29, 0.717) is 12.1 Å². The first-order valence-corrected chi connectivity index (χ1v) is 8.77. The van der Waals surface area contributed by atoms with E-state index < -0.39 is 0 Å². The third-order valence-corrected chi connectivity index (χ3v) is 4.60. The van der Waals surface area contributed by atoms with Gasteiger partial charge in [0, 0.05) is 12.6 Å². The Kier molecular flexibility index (Phi) is 7.25. The van der Waals surface area contributed by atoms with Gasteiger partial charge >= 0.3 is 0 Å². The van der Waals surface area contributed by atoms with Crippen molar-refractivity contribution in [3.05, 3.63) is 35.4 Å². The third kappa shape index (κ3) is 5.44. The van der Waals surface area contributed by atoms with Crippen LogP contribution < -0.4 is 5.32 Å². The van der Waals surface area contributed by atoms with Crippen molar-refractivity contribution in [3.63, 3.8) is 0 Å². The number of nitrogens with one attached hydrogen (secondary N) is 1. The molecule has 0 aromatic heterocycles. The van der Waals surface area contributed by atoms with Crippen LogP contribution in [0.4, 0.5) is 0 Å². The van der Waals surface area contributed by atoms with E-state index >= 15 is 0 Å². The molecule has 0 spiro atoms. The molecule has 118 valence electrons. The zero-order valence-electron chi connectivity index (χ0n) is 13.7. The zero-order valence-corrected chi connectivity index (χ0v) is 13.7. The van der Waals surface area contributed by atoms with Crippen LogP contribution in [0.25, 0.3) is 0 Å². The summed E-state index contributed by atoms with van der Waals surface area (Å²) in [5, 5.41) is 3.64. The number of rotatable bonds is 8. The fourth-order valence-electron chi connectivity index (χ4n) is 3.17. The molecule has 1 aromatic rings. The molecule has 0 radical (unpaired) electrons. The van der Waals surface area contributed by atoms with Crippen molar-refractivity contribution in [2.45, 2.75) is 70.9 Å². The predicted molar refractivity (Wildman–Crippen MR) is 89.7 cm³/mol. The van der Waals surface area contributed by atoms with Gasteiger partial charge in [-0.05, 0) is 36.8 Å². The summed E-state index contributed by atoms with van der Waals surface area (Å²) in [5.41, 5.74) is 2.81. The van der Waals surface area contributed by atoms with Crippen LogP contribution in [0.1, 0.15) is 69.5 Å². The Hall–Kier alpha value is -0.860. The highest BCUT2D eigenvalue weighted by molar-refractivity contribution is 5.24. The van der Waals surface area contributed by atoms with E-state index in [9.17, 15) is 0 Å². The Morgan fingerprint density at radius 1 is 1.10 bits per heavy atom. The Morgan fingerprint density at radius 2 is 1.81 bits per heavy atom. The number of benzene rings is 1. The molecule has 0 bridgehead atoms. The second-order valence-corrected chi connectivity index (χ2v) is 6.14. The fraction of sp³-hybridized carbons (Fsp3) is 0.684. The predicted octanol–water partition coefficient (Wildman–Crippen LogP) is 4.64. The van der Waals surface area contributed by atoms with Crippen LogP contribution >= 0.6 is 0 Å². The maximum atomic E-state index is 5.99. The van der Waals surface area contributed by atoms with Gasteiger partial charge in [-0.25, -0.2) is 0 Å². The highest BCUT2D eigenvalue weighted by atomic mass is 16.5. The van der Waals surface area contributed by atoms with Crippen molar-refractivity contribution < 1.29 is 4.74 Å². The second kappa shape index (κ2) is 9.22. The molecule has 1 unspecified atom stereocenters. The van der Waals surface area contributed by atoms with Gasteiger partial charge in [0.15, 0.2) is 0 Å². The summed E-state index contributed by atoms with van der Waals surface area (Å²) in [6.45, 7) is 6.24. The lowest BCUT2D eigenvalue weighted by Gasteiger charge is -2.23. The molecule has 1 atom stereocenters. The Labute approximate surface area is 130 Å². The summed E-state index contributed by atoms with van der Waals surface area (Å²) < 4.78 is 5.99. The molecule has 0 saturated heterocycles. The molecule has 1 aliphatic rings. The van der Waals surface area contributed by atoms with Crippen molar-refractivity contribution in [1.82, 2.24) is 5.32 Å². The van der Waals surface area contributed by atoms with Crippen molar-refractivity contribution in [1.29, 1.82) is 0 Å².